The molecule has 0 saturated heterocycles. The Hall–Kier alpha value is -3.55. The van der Waals surface area contributed by atoms with Gasteiger partial charge in [0.25, 0.3) is 0 Å². The topological polar surface area (TPSA) is 63.8 Å². The maximum atomic E-state index is 12.6. The van der Waals surface area contributed by atoms with Gasteiger partial charge in [-0.3, -0.25) is 4.79 Å². The van der Waals surface area contributed by atoms with E-state index in [1.807, 2.05) is 48.5 Å². The van der Waals surface area contributed by atoms with Crippen LogP contribution in [0.25, 0.3) is 11.1 Å². The van der Waals surface area contributed by atoms with Crippen LogP contribution in [-0.4, -0.2) is 18.2 Å². The van der Waals surface area contributed by atoms with E-state index in [1.165, 1.54) is 32.1 Å². The summed E-state index contributed by atoms with van der Waals surface area (Å²) in [4.78, 5) is 12.0. The highest BCUT2D eigenvalue weighted by Crippen LogP contribution is 2.30. The van der Waals surface area contributed by atoms with Crippen molar-refractivity contribution >= 4 is 11.6 Å². The number of unbranched alkanes of at least 4 members (excludes halogenated alkanes) is 5. The predicted molar refractivity (Wildman–Crippen MR) is 134 cm³/mol. The van der Waals surface area contributed by atoms with Crippen molar-refractivity contribution in [3.8, 4) is 16.9 Å². The van der Waals surface area contributed by atoms with Gasteiger partial charge in [0, 0.05) is 0 Å². The van der Waals surface area contributed by atoms with Crippen LogP contribution in [0.4, 0.5) is 13.2 Å². The Morgan fingerprint density at radius 2 is 1.50 bits per heavy atom. The first-order chi connectivity index (χ1) is 17.3. The van der Waals surface area contributed by atoms with E-state index in [0.717, 1.165) is 41.5 Å². The molecule has 0 bridgehead atoms. The summed E-state index contributed by atoms with van der Waals surface area (Å²) in [5.74, 6) is -1.71. The lowest BCUT2D eigenvalue weighted by atomic mass is 10.0. The van der Waals surface area contributed by atoms with Crippen LogP contribution in [-0.2, 0) is 6.18 Å². The van der Waals surface area contributed by atoms with Gasteiger partial charge in [0.15, 0.2) is 5.76 Å². The van der Waals surface area contributed by atoms with Crippen molar-refractivity contribution in [1.82, 2.24) is 5.43 Å². The number of alkyl halides is 3. The first-order valence-corrected chi connectivity index (χ1v) is 12.1. The van der Waals surface area contributed by atoms with Crippen molar-refractivity contribution in [2.24, 2.45) is 5.10 Å². The molecule has 0 radical (unpaired) electrons. The number of rotatable bonds is 12. The number of carbonyl (C=O) groups excluding carboxylic acids is 1. The molecule has 1 aromatic heterocycles. The van der Waals surface area contributed by atoms with E-state index in [0.29, 0.717) is 11.8 Å². The summed E-state index contributed by atoms with van der Waals surface area (Å²) in [5, 5.41) is 3.97. The molecule has 0 saturated carbocycles. The third-order valence-electron chi connectivity index (χ3n) is 5.69. The fourth-order valence-corrected chi connectivity index (χ4v) is 3.59. The molecule has 192 valence electrons. The van der Waals surface area contributed by atoms with Gasteiger partial charge in [0.05, 0.1) is 12.3 Å². The van der Waals surface area contributed by atoms with Gasteiger partial charge in [-0.15, -0.1) is 0 Å². The summed E-state index contributed by atoms with van der Waals surface area (Å²) in [5.41, 5.74) is 5.52. The molecule has 8 heteroatoms. The van der Waals surface area contributed by atoms with Crippen LogP contribution in [0.1, 0.15) is 74.3 Å². The number of nitrogens with zero attached hydrogens (tertiary/aromatic N) is 1. The third kappa shape index (κ3) is 8.00. The minimum atomic E-state index is -4.65. The highest BCUT2D eigenvalue weighted by Gasteiger charge is 2.35. The number of benzene rings is 2. The summed E-state index contributed by atoms with van der Waals surface area (Å²) < 4.78 is 48.3. The molecule has 3 rings (SSSR count). The summed E-state index contributed by atoms with van der Waals surface area (Å²) in [6.07, 6.45) is 2.70. The van der Waals surface area contributed by atoms with Crippen molar-refractivity contribution in [1.29, 1.82) is 0 Å². The molecule has 0 fully saturated rings. The first kappa shape index (κ1) is 27.0. The smallest absolute Gasteiger partial charge is 0.449 e. The molecular formula is C28H31F3N2O3. The standard InChI is InChI=1S/C28H31F3N2O3/c1-3-4-5-6-7-8-19-35-24-15-13-23(14-16-24)22-11-9-21(10-12-22)20(2)32-33-27(34)25-17-18-26(36-25)28(29,30)31/h9-18H,3-8,19H2,1-2H3,(H,33,34)/b32-20+. The van der Waals surface area contributed by atoms with Crippen molar-refractivity contribution in [2.75, 3.05) is 6.61 Å². The van der Waals surface area contributed by atoms with Gasteiger partial charge in [0.2, 0.25) is 5.76 Å². The molecule has 1 N–H and O–H groups in total. The van der Waals surface area contributed by atoms with Gasteiger partial charge in [-0.2, -0.15) is 18.3 Å². The van der Waals surface area contributed by atoms with Crippen LogP contribution < -0.4 is 10.2 Å². The van der Waals surface area contributed by atoms with Crippen LogP contribution in [0.15, 0.2) is 70.2 Å². The largest absolute Gasteiger partial charge is 0.494 e. The van der Waals surface area contributed by atoms with Gasteiger partial charge in [-0.25, -0.2) is 5.43 Å². The van der Waals surface area contributed by atoms with Crippen LogP contribution in [0.5, 0.6) is 5.75 Å². The Morgan fingerprint density at radius 1 is 0.889 bits per heavy atom. The lowest BCUT2D eigenvalue weighted by Crippen LogP contribution is -2.18. The maximum absolute atomic E-state index is 12.6. The molecule has 3 aromatic rings. The third-order valence-corrected chi connectivity index (χ3v) is 5.69. The monoisotopic (exact) mass is 500 g/mol. The van der Waals surface area contributed by atoms with Crippen LogP contribution >= 0.6 is 0 Å². The highest BCUT2D eigenvalue weighted by molar-refractivity contribution is 6.00. The number of halogens is 3. The number of carbonyl (C=O) groups is 1. The molecule has 1 amide bonds. The molecule has 0 atom stereocenters. The Bertz CT molecular complexity index is 1130. The summed E-state index contributed by atoms with van der Waals surface area (Å²) in [6, 6.07) is 17.2. The SMILES string of the molecule is CCCCCCCCOc1ccc(-c2ccc(/C(C)=N/NC(=O)c3ccc(C(F)(F)F)o3)cc2)cc1. The van der Waals surface area contributed by atoms with E-state index in [1.54, 1.807) is 6.92 Å². The number of furan rings is 1. The number of hydrazone groups is 1. The molecular weight excluding hydrogens is 469 g/mol. The lowest BCUT2D eigenvalue weighted by molar-refractivity contribution is -0.153. The van der Waals surface area contributed by atoms with Crippen LogP contribution in [0.3, 0.4) is 0 Å². The molecule has 0 aliphatic rings. The molecule has 0 aliphatic carbocycles. The normalized spacial score (nSPS) is 12.0. The average Bonchev–Trinajstić information content (AvgIpc) is 3.38. The summed E-state index contributed by atoms with van der Waals surface area (Å²) in [6.45, 7) is 4.62. The van der Waals surface area contributed by atoms with Crippen LogP contribution in [0, 0.1) is 0 Å². The fraction of sp³-hybridized carbons (Fsp3) is 0.357. The minimum absolute atomic E-state index is 0.464. The van der Waals surface area contributed by atoms with Crippen molar-refractivity contribution < 1.29 is 27.1 Å². The second-order valence-corrected chi connectivity index (χ2v) is 8.52. The van der Waals surface area contributed by atoms with Gasteiger partial charge in [0.1, 0.15) is 5.75 Å². The number of hydrogen-bond acceptors (Lipinski definition) is 4. The van der Waals surface area contributed by atoms with E-state index in [4.69, 9.17) is 4.74 Å². The Kier molecular flexibility index (Phi) is 9.73. The molecule has 2 aromatic carbocycles. The second kappa shape index (κ2) is 13.0. The van der Waals surface area contributed by atoms with E-state index in [9.17, 15) is 18.0 Å². The van der Waals surface area contributed by atoms with Gasteiger partial charge in [-0.05, 0) is 54.3 Å². The highest BCUT2D eigenvalue weighted by atomic mass is 19.4. The number of nitrogens with one attached hydrogen (secondary N) is 1. The zero-order valence-electron chi connectivity index (χ0n) is 20.5. The number of amides is 1. The number of hydrogen-bond donors (Lipinski definition) is 1. The van der Waals surface area contributed by atoms with E-state index in [2.05, 4.69) is 21.9 Å². The number of ether oxygens (including phenoxy) is 1. The Balaban J connectivity index is 1.50. The predicted octanol–water partition coefficient (Wildman–Crippen LogP) is 7.86. The van der Waals surface area contributed by atoms with Gasteiger partial charge >= 0.3 is 12.1 Å². The second-order valence-electron chi connectivity index (χ2n) is 8.52. The van der Waals surface area contributed by atoms with Gasteiger partial charge in [-0.1, -0.05) is 75.4 Å². The molecule has 36 heavy (non-hydrogen) atoms. The quantitative estimate of drug-likeness (QED) is 0.156. The average molecular weight is 501 g/mol. The Morgan fingerprint density at radius 3 is 2.11 bits per heavy atom. The zero-order chi connectivity index (χ0) is 26.0. The molecule has 0 spiro atoms. The molecule has 5 nitrogen and oxygen atoms in total. The maximum Gasteiger partial charge on any atom is 0.449 e. The van der Waals surface area contributed by atoms with E-state index in [-0.39, 0.29) is 0 Å². The van der Waals surface area contributed by atoms with Crippen molar-refractivity contribution in [3.05, 3.63) is 77.7 Å². The summed E-state index contributed by atoms with van der Waals surface area (Å²) >= 11 is 0. The zero-order valence-corrected chi connectivity index (χ0v) is 20.5. The molecule has 0 unspecified atom stereocenters. The molecule has 1 heterocycles. The van der Waals surface area contributed by atoms with Crippen molar-refractivity contribution in [2.45, 2.75) is 58.5 Å². The van der Waals surface area contributed by atoms with Crippen molar-refractivity contribution in [3.63, 3.8) is 0 Å². The molecule has 0 aliphatic heterocycles. The van der Waals surface area contributed by atoms with Gasteiger partial charge < -0.3 is 9.15 Å². The van der Waals surface area contributed by atoms with E-state index < -0.39 is 23.6 Å². The Labute approximate surface area is 209 Å². The minimum Gasteiger partial charge on any atom is -0.494 e. The fourth-order valence-electron chi connectivity index (χ4n) is 3.59. The van der Waals surface area contributed by atoms with Crippen LogP contribution in [0.2, 0.25) is 0 Å². The lowest BCUT2D eigenvalue weighted by Gasteiger charge is -2.08. The van der Waals surface area contributed by atoms with E-state index >= 15 is 0 Å². The first-order valence-electron chi connectivity index (χ1n) is 12.1. The summed E-state index contributed by atoms with van der Waals surface area (Å²) in [7, 11) is 0.